The van der Waals surface area contributed by atoms with Crippen LogP contribution in [0.3, 0.4) is 0 Å². The number of nitrogens with one attached hydrogen (secondary N) is 1. The summed E-state index contributed by atoms with van der Waals surface area (Å²) in [6.07, 6.45) is 1.22. The molecule has 4 nitrogen and oxygen atoms in total. The van der Waals surface area contributed by atoms with Gasteiger partial charge in [0.15, 0.2) is 0 Å². The Morgan fingerprint density at radius 3 is 2.73 bits per heavy atom. The van der Waals surface area contributed by atoms with Crippen LogP contribution in [0.25, 0.3) is 0 Å². The summed E-state index contributed by atoms with van der Waals surface area (Å²) in [5.74, 6) is -0.277. The maximum atomic E-state index is 10.9. The summed E-state index contributed by atoms with van der Waals surface area (Å²) in [7, 11) is 3.05. The highest BCUT2D eigenvalue weighted by Gasteiger charge is 2.15. The number of rotatable bonds is 5. The summed E-state index contributed by atoms with van der Waals surface area (Å²) < 4.78 is 4.52. The van der Waals surface area contributed by atoms with E-state index in [1.807, 2.05) is 0 Å². The molecule has 0 spiro atoms. The lowest BCUT2D eigenvalue weighted by Gasteiger charge is -2.11. The smallest absolute Gasteiger partial charge is 0.322 e. The Hall–Kier alpha value is -0.610. The number of esters is 1. The molecule has 0 saturated heterocycles. The zero-order valence-electron chi connectivity index (χ0n) is 6.96. The number of carbonyl (C=O) groups is 1. The van der Waals surface area contributed by atoms with E-state index in [1.165, 1.54) is 7.11 Å². The Morgan fingerprint density at radius 1 is 1.73 bits per heavy atom. The van der Waals surface area contributed by atoms with Gasteiger partial charge in [-0.1, -0.05) is 0 Å². The van der Waals surface area contributed by atoms with E-state index in [2.05, 4.69) is 10.1 Å². The Balaban J connectivity index is 3.65. The molecule has 0 aromatic heterocycles. The monoisotopic (exact) mass is 161 g/mol. The summed E-state index contributed by atoms with van der Waals surface area (Å²) in [5.41, 5.74) is 0. The first-order chi connectivity index (χ1) is 5.26. The largest absolute Gasteiger partial charge is 0.468 e. The van der Waals surface area contributed by atoms with Crippen LogP contribution in [0.1, 0.15) is 12.8 Å². The number of hydrogen-bond donors (Lipinski definition) is 2. The number of methoxy groups -OCH3 is 1. The van der Waals surface area contributed by atoms with Crippen molar-refractivity contribution in [2.75, 3.05) is 20.8 Å². The lowest BCUT2D eigenvalue weighted by Crippen LogP contribution is -2.35. The molecule has 0 radical (unpaired) electrons. The Bertz CT molecular complexity index is 116. The molecule has 0 amide bonds. The van der Waals surface area contributed by atoms with E-state index in [0.29, 0.717) is 12.8 Å². The van der Waals surface area contributed by atoms with Crippen LogP contribution in [0.4, 0.5) is 0 Å². The van der Waals surface area contributed by atoms with Crippen molar-refractivity contribution >= 4 is 5.97 Å². The van der Waals surface area contributed by atoms with Crippen molar-refractivity contribution in [3.63, 3.8) is 0 Å². The van der Waals surface area contributed by atoms with Crippen molar-refractivity contribution < 1.29 is 14.6 Å². The van der Waals surface area contributed by atoms with Crippen LogP contribution in [-0.4, -0.2) is 37.9 Å². The molecule has 1 atom stereocenters. The van der Waals surface area contributed by atoms with Crippen molar-refractivity contribution in [3.05, 3.63) is 0 Å². The minimum absolute atomic E-state index is 0.106. The Kier molecular flexibility index (Phi) is 5.78. The van der Waals surface area contributed by atoms with Crippen LogP contribution in [-0.2, 0) is 9.53 Å². The molecule has 0 heterocycles. The van der Waals surface area contributed by atoms with E-state index in [0.717, 1.165) is 0 Å². The predicted molar refractivity (Wildman–Crippen MR) is 41.2 cm³/mol. The van der Waals surface area contributed by atoms with Gasteiger partial charge in [-0.05, 0) is 19.9 Å². The number of ether oxygens (including phenoxy) is 1. The van der Waals surface area contributed by atoms with Crippen LogP contribution in [0.5, 0.6) is 0 Å². The van der Waals surface area contributed by atoms with Crippen molar-refractivity contribution in [2.24, 2.45) is 0 Å². The van der Waals surface area contributed by atoms with Crippen molar-refractivity contribution in [1.82, 2.24) is 5.32 Å². The fourth-order valence-corrected chi connectivity index (χ4v) is 0.818. The molecule has 0 saturated carbocycles. The van der Waals surface area contributed by atoms with E-state index < -0.39 is 0 Å². The van der Waals surface area contributed by atoms with Gasteiger partial charge in [0.1, 0.15) is 6.04 Å². The summed E-state index contributed by atoms with van der Waals surface area (Å²) in [6, 6.07) is -0.285. The third kappa shape index (κ3) is 3.95. The molecule has 0 aromatic rings. The first kappa shape index (κ1) is 10.4. The molecule has 0 rings (SSSR count). The van der Waals surface area contributed by atoms with Gasteiger partial charge >= 0.3 is 5.97 Å². The molecule has 0 aliphatic carbocycles. The number of carbonyl (C=O) groups excluding carboxylic acids is 1. The second-order valence-electron chi connectivity index (χ2n) is 2.23. The zero-order valence-corrected chi connectivity index (χ0v) is 6.96. The molecule has 0 aliphatic rings. The lowest BCUT2D eigenvalue weighted by atomic mass is 10.2. The molecule has 66 valence electrons. The summed E-state index contributed by atoms with van der Waals surface area (Å²) in [4.78, 5) is 10.9. The quantitative estimate of drug-likeness (QED) is 0.535. The topological polar surface area (TPSA) is 58.6 Å². The number of likely N-dealkylation sites (N-methyl/N-ethyl adjacent to an activating group) is 1. The minimum Gasteiger partial charge on any atom is -0.468 e. The maximum absolute atomic E-state index is 10.9. The molecule has 4 heteroatoms. The SMILES string of the molecule is CNC(CCCO)C(=O)OC. The first-order valence-corrected chi connectivity index (χ1v) is 3.62. The summed E-state index contributed by atoms with van der Waals surface area (Å²) >= 11 is 0. The molecule has 0 aliphatic heterocycles. The molecule has 0 fully saturated rings. The highest BCUT2D eigenvalue weighted by Crippen LogP contribution is 1.97. The first-order valence-electron chi connectivity index (χ1n) is 3.62. The van der Waals surface area contributed by atoms with Gasteiger partial charge in [0.2, 0.25) is 0 Å². The third-order valence-electron chi connectivity index (χ3n) is 1.49. The van der Waals surface area contributed by atoms with Gasteiger partial charge in [-0.25, -0.2) is 0 Å². The van der Waals surface area contributed by atoms with Crippen LogP contribution >= 0.6 is 0 Å². The minimum atomic E-state index is -0.285. The highest BCUT2D eigenvalue weighted by molar-refractivity contribution is 5.75. The highest BCUT2D eigenvalue weighted by atomic mass is 16.5. The number of aliphatic hydroxyl groups is 1. The van der Waals surface area contributed by atoms with Crippen LogP contribution in [0.15, 0.2) is 0 Å². The van der Waals surface area contributed by atoms with Crippen LogP contribution < -0.4 is 5.32 Å². The average molecular weight is 161 g/mol. The molecule has 1 unspecified atom stereocenters. The standard InChI is InChI=1S/C7H15NO3/c1-8-6(4-3-5-9)7(10)11-2/h6,8-9H,3-5H2,1-2H3. The lowest BCUT2D eigenvalue weighted by molar-refractivity contribution is -0.143. The second kappa shape index (κ2) is 6.12. The van der Waals surface area contributed by atoms with Gasteiger partial charge in [0.05, 0.1) is 7.11 Å². The number of aliphatic hydroxyl groups excluding tert-OH is 1. The molecular weight excluding hydrogens is 146 g/mol. The fraction of sp³-hybridized carbons (Fsp3) is 0.857. The molecule has 0 bridgehead atoms. The number of hydrogen-bond acceptors (Lipinski definition) is 4. The van der Waals surface area contributed by atoms with Gasteiger partial charge in [0, 0.05) is 6.61 Å². The van der Waals surface area contributed by atoms with Gasteiger partial charge in [0.25, 0.3) is 0 Å². The van der Waals surface area contributed by atoms with Crippen LogP contribution in [0, 0.1) is 0 Å². The molecule has 0 aromatic carbocycles. The fourth-order valence-electron chi connectivity index (χ4n) is 0.818. The van der Waals surface area contributed by atoms with Gasteiger partial charge in [-0.3, -0.25) is 4.79 Å². The molecular formula is C7H15NO3. The second-order valence-corrected chi connectivity index (χ2v) is 2.23. The Labute approximate surface area is 66.5 Å². The summed E-state index contributed by atoms with van der Waals surface area (Å²) in [5, 5.41) is 11.3. The van der Waals surface area contributed by atoms with E-state index in [4.69, 9.17) is 5.11 Å². The predicted octanol–water partition coefficient (Wildman–Crippen LogP) is -0.480. The molecule has 2 N–H and O–H groups in total. The van der Waals surface area contributed by atoms with Gasteiger partial charge < -0.3 is 15.2 Å². The van der Waals surface area contributed by atoms with E-state index in [1.54, 1.807) is 7.05 Å². The normalized spacial score (nSPS) is 12.6. The Morgan fingerprint density at radius 2 is 2.36 bits per heavy atom. The van der Waals surface area contributed by atoms with Gasteiger partial charge in [-0.2, -0.15) is 0 Å². The summed E-state index contributed by atoms with van der Waals surface area (Å²) in [6.45, 7) is 0.106. The van der Waals surface area contributed by atoms with Crippen molar-refractivity contribution in [2.45, 2.75) is 18.9 Å². The maximum Gasteiger partial charge on any atom is 0.322 e. The van der Waals surface area contributed by atoms with Crippen molar-refractivity contribution in [1.29, 1.82) is 0 Å². The van der Waals surface area contributed by atoms with Gasteiger partial charge in [-0.15, -0.1) is 0 Å². The van der Waals surface area contributed by atoms with Crippen molar-refractivity contribution in [3.8, 4) is 0 Å². The average Bonchev–Trinajstić information content (AvgIpc) is 2.05. The third-order valence-corrected chi connectivity index (χ3v) is 1.49. The zero-order chi connectivity index (χ0) is 8.69. The van der Waals surface area contributed by atoms with E-state index >= 15 is 0 Å². The van der Waals surface area contributed by atoms with E-state index in [9.17, 15) is 4.79 Å². The van der Waals surface area contributed by atoms with Crippen LogP contribution in [0.2, 0.25) is 0 Å². The molecule has 11 heavy (non-hydrogen) atoms. The van der Waals surface area contributed by atoms with E-state index in [-0.39, 0.29) is 18.6 Å².